The number of hydrogen-bond donors (Lipinski definition) is 2. The van der Waals surface area contributed by atoms with Gasteiger partial charge in [0, 0.05) is 6.07 Å². The minimum Gasteiger partial charge on any atom is -0.497 e. The van der Waals surface area contributed by atoms with E-state index in [-0.39, 0.29) is 0 Å². The van der Waals surface area contributed by atoms with Gasteiger partial charge in [-0.05, 0) is 17.7 Å². The molecule has 0 aliphatic heterocycles. The SMILES string of the molecule is COc1ccc(OC)c(NC(=O)C(=O)N/N=C/c2ccccc2)c1. The summed E-state index contributed by atoms with van der Waals surface area (Å²) in [6.45, 7) is 0. The molecule has 0 radical (unpaired) electrons. The van der Waals surface area contributed by atoms with E-state index in [1.165, 1.54) is 20.4 Å². The summed E-state index contributed by atoms with van der Waals surface area (Å²) in [7, 11) is 2.96. The van der Waals surface area contributed by atoms with E-state index in [0.717, 1.165) is 5.56 Å². The first-order chi connectivity index (χ1) is 11.6. The van der Waals surface area contributed by atoms with Gasteiger partial charge in [-0.1, -0.05) is 30.3 Å². The van der Waals surface area contributed by atoms with Crippen molar-refractivity contribution in [2.75, 3.05) is 19.5 Å². The normalized spacial score (nSPS) is 10.2. The molecule has 7 heteroatoms. The van der Waals surface area contributed by atoms with Crippen LogP contribution in [-0.4, -0.2) is 32.2 Å². The molecule has 0 atom stereocenters. The van der Waals surface area contributed by atoms with E-state index in [1.807, 2.05) is 30.3 Å². The molecule has 0 saturated carbocycles. The van der Waals surface area contributed by atoms with Crippen molar-refractivity contribution in [1.82, 2.24) is 5.43 Å². The topological polar surface area (TPSA) is 89.0 Å². The molecule has 0 bridgehead atoms. The first-order valence-electron chi connectivity index (χ1n) is 7.05. The Bertz CT molecular complexity index is 745. The molecular weight excluding hydrogens is 310 g/mol. The summed E-state index contributed by atoms with van der Waals surface area (Å²) in [6, 6.07) is 14.0. The third-order valence-corrected chi connectivity index (χ3v) is 3.04. The molecule has 2 amide bonds. The second-order valence-electron chi connectivity index (χ2n) is 4.63. The number of methoxy groups -OCH3 is 2. The van der Waals surface area contributed by atoms with Gasteiger partial charge in [-0.3, -0.25) is 9.59 Å². The van der Waals surface area contributed by atoms with E-state index < -0.39 is 11.8 Å². The fourth-order valence-electron chi connectivity index (χ4n) is 1.85. The summed E-state index contributed by atoms with van der Waals surface area (Å²) in [5.41, 5.74) is 3.29. The van der Waals surface area contributed by atoms with Gasteiger partial charge in [0.1, 0.15) is 11.5 Å². The Morgan fingerprint density at radius 3 is 2.42 bits per heavy atom. The summed E-state index contributed by atoms with van der Waals surface area (Å²) in [6.07, 6.45) is 1.44. The van der Waals surface area contributed by atoms with Crippen LogP contribution < -0.4 is 20.2 Å². The van der Waals surface area contributed by atoms with Gasteiger partial charge in [-0.15, -0.1) is 0 Å². The molecule has 0 aromatic heterocycles. The molecule has 7 nitrogen and oxygen atoms in total. The minimum absolute atomic E-state index is 0.323. The summed E-state index contributed by atoms with van der Waals surface area (Å²) in [5, 5.41) is 6.19. The number of carbonyl (C=O) groups is 2. The van der Waals surface area contributed by atoms with E-state index in [2.05, 4.69) is 15.8 Å². The Morgan fingerprint density at radius 1 is 1.00 bits per heavy atom. The summed E-state index contributed by atoms with van der Waals surface area (Å²) < 4.78 is 10.2. The number of amides is 2. The second-order valence-corrected chi connectivity index (χ2v) is 4.63. The lowest BCUT2D eigenvalue weighted by molar-refractivity contribution is -0.136. The number of hydrogen-bond acceptors (Lipinski definition) is 5. The molecule has 0 aliphatic rings. The lowest BCUT2D eigenvalue weighted by Crippen LogP contribution is -2.32. The van der Waals surface area contributed by atoms with Gasteiger partial charge in [0.15, 0.2) is 0 Å². The Morgan fingerprint density at radius 2 is 1.75 bits per heavy atom. The molecular formula is C17H17N3O4. The molecule has 2 N–H and O–H groups in total. The number of rotatable bonds is 5. The van der Waals surface area contributed by atoms with Crippen molar-refractivity contribution in [2.24, 2.45) is 5.10 Å². The number of hydrazone groups is 1. The number of ether oxygens (including phenoxy) is 2. The maximum atomic E-state index is 11.9. The fourth-order valence-corrected chi connectivity index (χ4v) is 1.85. The van der Waals surface area contributed by atoms with Crippen LogP contribution >= 0.6 is 0 Å². The molecule has 2 aromatic carbocycles. The predicted octanol–water partition coefficient (Wildman–Crippen LogP) is 1.79. The smallest absolute Gasteiger partial charge is 0.329 e. The summed E-state index contributed by atoms with van der Waals surface area (Å²) in [5.74, 6) is -0.836. The van der Waals surface area contributed by atoms with Gasteiger partial charge >= 0.3 is 11.8 Å². The van der Waals surface area contributed by atoms with Crippen molar-refractivity contribution < 1.29 is 19.1 Å². The quantitative estimate of drug-likeness (QED) is 0.498. The molecule has 0 unspecified atom stereocenters. The Kier molecular flexibility index (Phi) is 5.90. The minimum atomic E-state index is -0.896. The van der Waals surface area contributed by atoms with Crippen LogP contribution in [-0.2, 0) is 9.59 Å². The van der Waals surface area contributed by atoms with E-state index >= 15 is 0 Å². The van der Waals surface area contributed by atoms with Crippen LogP contribution in [0.25, 0.3) is 0 Å². The van der Waals surface area contributed by atoms with Crippen molar-refractivity contribution in [1.29, 1.82) is 0 Å². The monoisotopic (exact) mass is 327 g/mol. The average molecular weight is 327 g/mol. The van der Waals surface area contributed by atoms with Gasteiger partial charge in [0.25, 0.3) is 0 Å². The number of benzene rings is 2. The summed E-state index contributed by atoms with van der Waals surface area (Å²) in [4.78, 5) is 23.7. The molecule has 0 heterocycles. The molecule has 0 fully saturated rings. The van der Waals surface area contributed by atoms with Gasteiger partial charge in [0.05, 0.1) is 26.1 Å². The Labute approximate surface area is 139 Å². The standard InChI is InChI=1S/C17H17N3O4/c1-23-13-8-9-15(24-2)14(10-13)19-16(21)17(22)20-18-11-12-6-4-3-5-7-12/h3-11H,1-2H3,(H,19,21)(H,20,22)/b18-11+. The fraction of sp³-hybridized carbons (Fsp3) is 0.118. The van der Waals surface area contributed by atoms with Gasteiger partial charge in [0.2, 0.25) is 0 Å². The van der Waals surface area contributed by atoms with Crippen molar-refractivity contribution in [3.8, 4) is 11.5 Å². The van der Waals surface area contributed by atoms with Crippen LogP contribution in [0.15, 0.2) is 53.6 Å². The van der Waals surface area contributed by atoms with Crippen LogP contribution in [0.1, 0.15) is 5.56 Å². The second kappa shape index (κ2) is 8.33. The highest BCUT2D eigenvalue weighted by Crippen LogP contribution is 2.28. The van der Waals surface area contributed by atoms with Crippen LogP contribution in [0.4, 0.5) is 5.69 Å². The third kappa shape index (κ3) is 4.57. The van der Waals surface area contributed by atoms with Crippen LogP contribution in [0.5, 0.6) is 11.5 Å². The lowest BCUT2D eigenvalue weighted by atomic mass is 10.2. The molecule has 24 heavy (non-hydrogen) atoms. The number of nitrogens with one attached hydrogen (secondary N) is 2. The molecule has 2 aromatic rings. The first-order valence-corrected chi connectivity index (χ1v) is 7.05. The maximum Gasteiger partial charge on any atom is 0.329 e. The highest BCUT2D eigenvalue weighted by Gasteiger charge is 2.15. The molecule has 124 valence electrons. The van der Waals surface area contributed by atoms with E-state index in [9.17, 15) is 9.59 Å². The van der Waals surface area contributed by atoms with Gasteiger partial charge < -0.3 is 14.8 Å². The van der Waals surface area contributed by atoms with Gasteiger partial charge in [-0.2, -0.15) is 5.10 Å². The molecule has 2 rings (SSSR count). The Hall–Kier alpha value is -3.35. The van der Waals surface area contributed by atoms with Crippen molar-refractivity contribution in [3.63, 3.8) is 0 Å². The zero-order valence-electron chi connectivity index (χ0n) is 13.3. The average Bonchev–Trinajstić information content (AvgIpc) is 2.62. The molecule has 0 spiro atoms. The Balaban J connectivity index is 1.99. The van der Waals surface area contributed by atoms with Crippen molar-refractivity contribution in [3.05, 3.63) is 54.1 Å². The molecule has 0 saturated heterocycles. The highest BCUT2D eigenvalue weighted by atomic mass is 16.5. The maximum absolute atomic E-state index is 11.9. The molecule has 0 aliphatic carbocycles. The number of nitrogens with zero attached hydrogens (tertiary/aromatic N) is 1. The predicted molar refractivity (Wildman–Crippen MR) is 90.4 cm³/mol. The van der Waals surface area contributed by atoms with Gasteiger partial charge in [-0.25, -0.2) is 5.43 Å². The van der Waals surface area contributed by atoms with E-state index in [4.69, 9.17) is 9.47 Å². The van der Waals surface area contributed by atoms with E-state index in [0.29, 0.717) is 17.2 Å². The van der Waals surface area contributed by atoms with Crippen molar-refractivity contribution in [2.45, 2.75) is 0 Å². The van der Waals surface area contributed by atoms with Crippen LogP contribution in [0.3, 0.4) is 0 Å². The largest absolute Gasteiger partial charge is 0.497 e. The highest BCUT2D eigenvalue weighted by molar-refractivity contribution is 6.39. The van der Waals surface area contributed by atoms with E-state index in [1.54, 1.807) is 18.2 Å². The zero-order valence-corrected chi connectivity index (χ0v) is 13.3. The third-order valence-electron chi connectivity index (χ3n) is 3.04. The lowest BCUT2D eigenvalue weighted by Gasteiger charge is -2.11. The van der Waals surface area contributed by atoms with Crippen molar-refractivity contribution >= 4 is 23.7 Å². The number of carbonyl (C=O) groups excluding carboxylic acids is 2. The first kappa shape index (κ1) is 17.0. The summed E-state index contributed by atoms with van der Waals surface area (Å²) >= 11 is 0. The zero-order chi connectivity index (χ0) is 17.4. The number of anilines is 1. The van der Waals surface area contributed by atoms with Crippen LogP contribution in [0.2, 0.25) is 0 Å². The van der Waals surface area contributed by atoms with Crippen LogP contribution in [0, 0.1) is 0 Å².